The molecule has 0 spiro atoms. The van der Waals surface area contributed by atoms with Crippen LogP contribution in [0.3, 0.4) is 0 Å². The number of aromatic nitrogens is 1. The van der Waals surface area contributed by atoms with Gasteiger partial charge in [0.05, 0.1) is 15.8 Å². The van der Waals surface area contributed by atoms with Crippen molar-refractivity contribution >= 4 is 27.5 Å². The minimum absolute atomic E-state index is 0.321. The summed E-state index contributed by atoms with van der Waals surface area (Å²) in [5, 5.41) is 0. The fraction of sp³-hybridized carbons (Fsp3) is 0.0476. The predicted molar refractivity (Wildman–Crippen MR) is 104 cm³/mol. The van der Waals surface area contributed by atoms with Gasteiger partial charge in [-0.2, -0.15) is 4.99 Å². The van der Waals surface area contributed by atoms with E-state index in [1.807, 2.05) is 78.3 Å². The molecule has 3 aromatic carbocycles. The van der Waals surface area contributed by atoms with Crippen molar-refractivity contribution in [3.63, 3.8) is 0 Å². The zero-order valence-electron chi connectivity index (χ0n) is 14.1. The van der Waals surface area contributed by atoms with Crippen LogP contribution < -0.4 is 9.54 Å². The molecule has 1 aromatic heterocycles. The van der Waals surface area contributed by atoms with Gasteiger partial charge in [-0.15, -0.1) is 0 Å². The maximum atomic E-state index is 12.8. The highest BCUT2D eigenvalue weighted by Crippen LogP contribution is 2.25. The standard InChI is InChI=1S/C21H16N2O2S/c1-23-17-12-6-8-14-19(17)26-21(23)22-20(24)16-11-5-7-13-18(16)25-15-9-3-2-4-10-15/h2-14H,1H3. The lowest BCUT2D eigenvalue weighted by molar-refractivity contribution is 0.0995. The Kier molecular flexibility index (Phi) is 4.37. The summed E-state index contributed by atoms with van der Waals surface area (Å²) in [5.41, 5.74) is 1.49. The summed E-state index contributed by atoms with van der Waals surface area (Å²) in [6, 6.07) is 24.6. The number of benzene rings is 3. The van der Waals surface area contributed by atoms with Gasteiger partial charge in [-0.05, 0) is 36.4 Å². The van der Waals surface area contributed by atoms with E-state index < -0.39 is 0 Å². The van der Waals surface area contributed by atoms with Crippen LogP contribution in [0.25, 0.3) is 10.2 Å². The molecule has 0 atom stereocenters. The molecule has 0 fully saturated rings. The number of carbonyl (C=O) groups excluding carboxylic acids is 1. The summed E-state index contributed by atoms with van der Waals surface area (Å²) >= 11 is 1.49. The number of hydrogen-bond acceptors (Lipinski definition) is 3. The van der Waals surface area contributed by atoms with Gasteiger partial charge in [0.1, 0.15) is 11.5 Å². The molecule has 4 rings (SSSR count). The zero-order valence-corrected chi connectivity index (χ0v) is 14.9. The van der Waals surface area contributed by atoms with Gasteiger partial charge in [0.25, 0.3) is 5.91 Å². The third kappa shape index (κ3) is 3.17. The molecule has 26 heavy (non-hydrogen) atoms. The van der Waals surface area contributed by atoms with E-state index in [0.29, 0.717) is 21.9 Å². The molecule has 1 heterocycles. The molecule has 4 aromatic rings. The normalized spacial score (nSPS) is 11.7. The molecule has 1 amide bonds. The molecule has 5 heteroatoms. The van der Waals surface area contributed by atoms with Gasteiger partial charge in [0.15, 0.2) is 4.80 Å². The molecule has 0 unspecified atom stereocenters. The molecule has 0 aliphatic heterocycles. The second-order valence-electron chi connectivity index (χ2n) is 5.74. The second kappa shape index (κ2) is 6.98. The van der Waals surface area contributed by atoms with Gasteiger partial charge < -0.3 is 9.30 Å². The van der Waals surface area contributed by atoms with Crippen LogP contribution in [-0.4, -0.2) is 10.5 Å². The SMILES string of the molecule is Cn1c(=NC(=O)c2ccccc2Oc2ccccc2)sc2ccccc21. The minimum atomic E-state index is -0.321. The average molecular weight is 360 g/mol. The van der Waals surface area contributed by atoms with Gasteiger partial charge >= 0.3 is 0 Å². The number of hydrogen-bond donors (Lipinski definition) is 0. The summed E-state index contributed by atoms with van der Waals surface area (Å²) in [5.74, 6) is 0.857. The van der Waals surface area contributed by atoms with Crippen LogP contribution >= 0.6 is 11.3 Å². The number of ether oxygens (including phenoxy) is 1. The van der Waals surface area contributed by atoms with E-state index in [1.165, 1.54) is 11.3 Å². The number of thiazole rings is 1. The van der Waals surface area contributed by atoms with Crippen LogP contribution in [0.15, 0.2) is 83.9 Å². The molecule has 0 saturated carbocycles. The number of fused-ring (bicyclic) bond motifs is 1. The summed E-state index contributed by atoms with van der Waals surface area (Å²) in [6.45, 7) is 0. The van der Waals surface area contributed by atoms with Crippen LogP contribution in [0.2, 0.25) is 0 Å². The molecule has 0 radical (unpaired) electrons. The number of carbonyl (C=O) groups is 1. The Labute approximate surface area is 154 Å². The van der Waals surface area contributed by atoms with E-state index in [0.717, 1.165) is 10.2 Å². The Bertz CT molecular complexity index is 1140. The van der Waals surface area contributed by atoms with Crippen molar-refractivity contribution < 1.29 is 9.53 Å². The van der Waals surface area contributed by atoms with Crippen LogP contribution in [0.4, 0.5) is 0 Å². The van der Waals surface area contributed by atoms with Crippen LogP contribution in [0.1, 0.15) is 10.4 Å². The summed E-state index contributed by atoms with van der Waals surface area (Å²) in [4.78, 5) is 17.8. The fourth-order valence-electron chi connectivity index (χ4n) is 2.68. The highest BCUT2D eigenvalue weighted by molar-refractivity contribution is 7.16. The van der Waals surface area contributed by atoms with Crippen LogP contribution in [0, 0.1) is 0 Å². The van der Waals surface area contributed by atoms with Crippen molar-refractivity contribution in [1.29, 1.82) is 0 Å². The van der Waals surface area contributed by atoms with Crippen LogP contribution in [-0.2, 0) is 7.05 Å². The second-order valence-corrected chi connectivity index (χ2v) is 6.75. The first-order chi connectivity index (χ1) is 12.7. The Morgan fingerprint density at radius 1 is 0.923 bits per heavy atom. The number of aryl methyl sites for hydroxylation is 1. The predicted octanol–water partition coefficient (Wildman–Crippen LogP) is 4.77. The molecule has 0 saturated heterocycles. The fourth-order valence-corrected chi connectivity index (χ4v) is 3.70. The van der Waals surface area contributed by atoms with Crippen molar-refractivity contribution in [3.8, 4) is 11.5 Å². The Morgan fingerprint density at radius 2 is 1.62 bits per heavy atom. The third-order valence-corrected chi connectivity index (χ3v) is 5.11. The maximum Gasteiger partial charge on any atom is 0.283 e. The average Bonchev–Trinajstić information content (AvgIpc) is 2.99. The van der Waals surface area contributed by atoms with Gasteiger partial charge in [0, 0.05) is 7.05 Å². The molecule has 0 aliphatic carbocycles. The maximum absolute atomic E-state index is 12.8. The summed E-state index contributed by atoms with van der Waals surface area (Å²) < 4.78 is 8.90. The zero-order chi connectivity index (χ0) is 17.9. The number of para-hydroxylation sites is 3. The Balaban J connectivity index is 1.73. The van der Waals surface area contributed by atoms with E-state index in [9.17, 15) is 4.79 Å². The Hall–Kier alpha value is -3.18. The monoisotopic (exact) mass is 360 g/mol. The largest absolute Gasteiger partial charge is 0.457 e. The van der Waals surface area contributed by atoms with Gasteiger partial charge in [0.2, 0.25) is 0 Å². The third-order valence-electron chi connectivity index (χ3n) is 4.00. The number of nitrogens with zero attached hydrogens (tertiary/aromatic N) is 2. The first-order valence-corrected chi connectivity index (χ1v) is 8.99. The highest BCUT2D eigenvalue weighted by atomic mass is 32.1. The molecule has 128 valence electrons. The van der Waals surface area contributed by atoms with Crippen molar-refractivity contribution in [2.45, 2.75) is 0 Å². The van der Waals surface area contributed by atoms with E-state index in [-0.39, 0.29) is 5.91 Å². The first kappa shape index (κ1) is 16.3. The van der Waals surface area contributed by atoms with Gasteiger partial charge in [-0.3, -0.25) is 4.79 Å². The van der Waals surface area contributed by atoms with E-state index >= 15 is 0 Å². The first-order valence-electron chi connectivity index (χ1n) is 8.18. The van der Waals surface area contributed by atoms with E-state index in [4.69, 9.17) is 4.74 Å². The topological polar surface area (TPSA) is 43.6 Å². The highest BCUT2D eigenvalue weighted by Gasteiger charge is 2.13. The van der Waals surface area contributed by atoms with Gasteiger partial charge in [-0.1, -0.05) is 53.8 Å². The Morgan fingerprint density at radius 3 is 2.42 bits per heavy atom. The number of rotatable bonds is 3. The molecule has 4 nitrogen and oxygen atoms in total. The van der Waals surface area contributed by atoms with Gasteiger partial charge in [-0.25, -0.2) is 0 Å². The minimum Gasteiger partial charge on any atom is -0.457 e. The summed E-state index contributed by atoms with van der Waals surface area (Å²) in [6.07, 6.45) is 0. The lowest BCUT2D eigenvalue weighted by atomic mass is 10.2. The lowest BCUT2D eigenvalue weighted by Crippen LogP contribution is -2.13. The molecule has 0 bridgehead atoms. The lowest BCUT2D eigenvalue weighted by Gasteiger charge is -2.08. The molecular formula is C21H16N2O2S. The number of amides is 1. The molecular weight excluding hydrogens is 344 g/mol. The van der Waals surface area contributed by atoms with E-state index in [2.05, 4.69) is 4.99 Å². The molecule has 0 N–H and O–H groups in total. The smallest absolute Gasteiger partial charge is 0.283 e. The van der Waals surface area contributed by atoms with E-state index in [1.54, 1.807) is 12.1 Å². The van der Waals surface area contributed by atoms with Crippen molar-refractivity contribution in [3.05, 3.63) is 89.2 Å². The summed E-state index contributed by atoms with van der Waals surface area (Å²) in [7, 11) is 1.91. The van der Waals surface area contributed by atoms with Crippen LogP contribution in [0.5, 0.6) is 11.5 Å². The van der Waals surface area contributed by atoms with Crippen molar-refractivity contribution in [1.82, 2.24) is 4.57 Å². The molecule has 0 aliphatic rings. The van der Waals surface area contributed by atoms with Crippen molar-refractivity contribution in [2.75, 3.05) is 0 Å². The quantitative estimate of drug-likeness (QED) is 0.528. The van der Waals surface area contributed by atoms with Crippen molar-refractivity contribution in [2.24, 2.45) is 12.0 Å².